The van der Waals surface area contributed by atoms with Crippen LogP contribution in [0.2, 0.25) is 0 Å². The summed E-state index contributed by atoms with van der Waals surface area (Å²) < 4.78 is 4.98. The van der Waals surface area contributed by atoms with Gasteiger partial charge in [0.15, 0.2) is 0 Å². The van der Waals surface area contributed by atoms with Gasteiger partial charge < -0.3 is 9.64 Å². The van der Waals surface area contributed by atoms with Crippen LogP contribution in [0.4, 0.5) is 5.82 Å². The van der Waals surface area contributed by atoms with Crippen molar-refractivity contribution < 1.29 is 14.3 Å². The third kappa shape index (κ3) is 4.29. The molecule has 3 aliphatic rings. The quantitative estimate of drug-likeness (QED) is 0.759. The van der Waals surface area contributed by atoms with Crippen LogP contribution in [0, 0.1) is 12.8 Å². The van der Waals surface area contributed by atoms with E-state index in [9.17, 15) is 9.59 Å². The van der Waals surface area contributed by atoms with E-state index in [1.54, 1.807) is 7.11 Å². The van der Waals surface area contributed by atoms with E-state index in [1.807, 2.05) is 16.7 Å². The molecule has 1 aromatic rings. The number of aromatic nitrogens is 2. The summed E-state index contributed by atoms with van der Waals surface area (Å²) in [4.78, 5) is 38.4. The van der Waals surface area contributed by atoms with Gasteiger partial charge in [0.2, 0.25) is 11.8 Å². The first-order valence-electron chi connectivity index (χ1n) is 11.0. The lowest BCUT2D eigenvalue weighted by molar-refractivity contribution is -0.134. The maximum atomic E-state index is 12.8. The van der Waals surface area contributed by atoms with Crippen molar-refractivity contribution in [3.63, 3.8) is 0 Å². The van der Waals surface area contributed by atoms with Crippen molar-refractivity contribution in [1.82, 2.24) is 14.9 Å². The van der Waals surface area contributed by atoms with Crippen molar-refractivity contribution >= 4 is 17.6 Å². The molecule has 0 aromatic carbocycles. The minimum Gasteiger partial charge on any atom is -0.375 e. The van der Waals surface area contributed by atoms with Gasteiger partial charge in [-0.15, -0.1) is 0 Å². The molecule has 0 N–H and O–H groups in total. The lowest BCUT2D eigenvalue weighted by Gasteiger charge is -2.33. The van der Waals surface area contributed by atoms with Crippen molar-refractivity contribution in [2.75, 3.05) is 38.3 Å². The first-order valence-corrected chi connectivity index (χ1v) is 11.0. The number of aryl methyl sites for hydroxylation is 1. The standard InChI is InChI=1S/C22H32N4O3/c1-15-18-8-9-19(27)26(12-16-6-4-3-5-7-16)22(18)24-21(23-15)17-10-11-25(13-17)20(28)14-29-2/h16-17H,3-14H2,1-2H3/t17-/m1/s1. The Balaban J connectivity index is 1.56. The highest BCUT2D eigenvalue weighted by Crippen LogP contribution is 2.34. The van der Waals surface area contributed by atoms with Crippen LogP contribution in [0.1, 0.15) is 67.9 Å². The number of hydrogen-bond donors (Lipinski definition) is 0. The van der Waals surface area contributed by atoms with Gasteiger partial charge in [-0.1, -0.05) is 19.3 Å². The molecular formula is C22H32N4O3. The smallest absolute Gasteiger partial charge is 0.248 e. The topological polar surface area (TPSA) is 75.6 Å². The van der Waals surface area contributed by atoms with Gasteiger partial charge in [0.25, 0.3) is 0 Å². The van der Waals surface area contributed by atoms with Gasteiger partial charge in [0, 0.05) is 50.3 Å². The van der Waals surface area contributed by atoms with Crippen molar-refractivity contribution in [2.24, 2.45) is 5.92 Å². The van der Waals surface area contributed by atoms with E-state index in [0.29, 0.717) is 25.4 Å². The average Bonchev–Trinajstić information content (AvgIpc) is 3.21. The number of fused-ring (bicyclic) bond motifs is 1. The molecular weight excluding hydrogens is 368 g/mol. The molecule has 0 unspecified atom stereocenters. The summed E-state index contributed by atoms with van der Waals surface area (Å²) in [5.41, 5.74) is 2.10. The summed E-state index contributed by atoms with van der Waals surface area (Å²) in [6, 6.07) is 0. The summed E-state index contributed by atoms with van der Waals surface area (Å²) in [7, 11) is 1.54. The zero-order valence-corrected chi connectivity index (χ0v) is 17.7. The molecule has 2 amide bonds. The van der Waals surface area contributed by atoms with Gasteiger partial charge in [0.05, 0.1) is 0 Å². The Bertz CT molecular complexity index is 776. The van der Waals surface area contributed by atoms with Crippen LogP contribution in [0.3, 0.4) is 0 Å². The molecule has 3 heterocycles. The van der Waals surface area contributed by atoms with E-state index >= 15 is 0 Å². The van der Waals surface area contributed by atoms with Crippen LogP contribution in [-0.2, 0) is 20.7 Å². The number of carbonyl (C=O) groups excluding carboxylic acids is 2. The van der Waals surface area contributed by atoms with E-state index in [2.05, 4.69) is 0 Å². The minimum atomic E-state index is 0.0128. The molecule has 1 saturated carbocycles. The number of amides is 2. The second-order valence-corrected chi connectivity index (χ2v) is 8.74. The van der Waals surface area contributed by atoms with Gasteiger partial charge in [-0.2, -0.15) is 0 Å². The second kappa shape index (κ2) is 8.78. The van der Waals surface area contributed by atoms with Crippen LogP contribution in [0.25, 0.3) is 0 Å². The van der Waals surface area contributed by atoms with Crippen LogP contribution >= 0.6 is 0 Å². The summed E-state index contributed by atoms with van der Waals surface area (Å²) >= 11 is 0. The predicted molar refractivity (Wildman–Crippen MR) is 110 cm³/mol. The zero-order valence-electron chi connectivity index (χ0n) is 17.7. The van der Waals surface area contributed by atoms with Crippen LogP contribution in [0.5, 0.6) is 0 Å². The highest BCUT2D eigenvalue weighted by Gasteiger charge is 2.34. The number of ether oxygens (including phenoxy) is 1. The Morgan fingerprint density at radius 3 is 2.69 bits per heavy atom. The van der Waals surface area contributed by atoms with E-state index < -0.39 is 0 Å². The fourth-order valence-electron chi connectivity index (χ4n) is 5.01. The fourth-order valence-corrected chi connectivity index (χ4v) is 5.01. The molecule has 2 aliphatic heterocycles. The van der Waals surface area contributed by atoms with E-state index in [-0.39, 0.29) is 24.3 Å². The van der Waals surface area contributed by atoms with Crippen molar-refractivity contribution in [1.29, 1.82) is 0 Å². The minimum absolute atomic E-state index is 0.0128. The van der Waals surface area contributed by atoms with E-state index in [1.165, 1.54) is 32.1 Å². The highest BCUT2D eigenvalue weighted by atomic mass is 16.5. The average molecular weight is 401 g/mol. The lowest BCUT2D eigenvalue weighted by Crippen LogP contribution is -2.40. The zero-order chi connectivity index (χ0) is 20.4. The number of carbonyl (C=O) groups is 2. The molecule has 1 atom stereocenters. The molecule has 7 nitrogen and oxygen atoms in total. The van der Waals surface area contributed by atoms with Crippen LogP contribution in [0.15, 0.2) is 0 Å². The van der Waals surface area contributed by atoms with Gasteiger partial charge in [-0.05, 0) is 38.5 Å². The van der Waals surface area contributed by atoms with E-state index in [0.717, 1.165) is 42.3 Å². The fraction of sp³-hybridized carbons (Fsp3) is 0.727. The maximum Gasteiger partial charge on any atom is 0.248 e. The molecule has 0 bridgehead atoms. The summed E-state index contributed by atoms with van der Waals surface area (Å²) in [5.74, 6) is 2.50. The molecule has 7 heteroatoms. The number of anilines is 1. The Hall–Kier alpha value is -2.02. The van der Waals surface area contributed by atoms with Gasteiger partial charge in [-0.3, -0.25) is 14.5 Å². The number of hydrogen-bond acceptors (Lipinski definition) is 5. The SMILES string of the molecule is COCC(=O)N1CC[C@@H](c2nc(C)c3c(n2)N(CC2CCCCC2)C(=O)CC3)C1. The molecule has 2 fully saturated rings. The Morgan fingerprint density at radius 2 is 1.93 bits per heavy atom. The van der Waals surface area contributed by atoms with Crippen molar-refractivity contribution in [3.8, 4) is 0 Å². The first kappa shape index (κ1) is 20.3. The number of nitrogens with zero attached hydrogens (tertiary/aromatic N) is 4. The molecule has 1 saturated heterocycles. The Kier molecular flexibility index (Phi) is 6.13. The second-order valence-electron chi connectivity index (χ2n) is 8.74. The highest BCUT2D eigenvalue weighted by molar-refractivity contribution is 5.95. The largest absolute Gasteiger partial charge is 0.375 e. The third-order valence-electron chi connectivity index (χ3n) is 6.69. The van der Waals surface area contributed by atoms with Gasteiger partial charge >= 0.3 is 0 Å². The van der Waals surface area contributed by atoms with Crippen molar-refractivity contribution in [3.05, 3.63) is 17.1 Å². The van der Waals surface area contributed by atoms with Crippen molar-refractivity contribution in [2.45, 2.75) is 64.2 Å². The molecule has 0 radical (unpaired) electrons. The van der Waals surface area contributed by atoms with Gasteiger partial charge in [-0.25, -0.2) is 9.97 Å². The molecule has 0 spiro atoms. The Labute approximate surface area is 172 Å². The number of rotatable bonds is 5. The third-order valence-corrected chi connectivity index (χ3v) is 6.69. The Morgan fingerprint density at radius 1 is 1.14 bits per heavy atom. The molecule has 1 aliphatic carbocycles. The van der Waals surface area contributed by atoms with Crippen LogP contribution < -0.4 is 4.90 Å². The monoisotopic (exact) mass is 400 g/mol. The summed E-state index contributed by atoms with van der Waals surface area (Å²) in [6.45, 7) is 4.25. The van der Waals surface area contributed by atoms with Crippen LogP contribution in [-0.4, -0.2) is 60.0 Å². The van der Waals surface area contributed by atoms with E-state index in [4.69, 9.17) is 14.7 Å². The molecule has 4 rings (SSSR count). The maximum absolute atomic E-state index is 12.8. The molecule has 158 valence electrons. The predicted octanol–water partition coefficient (Wildman–Crippen LogP) is 2.61. The number of likely N-dealkylation sites (tertiary alicyclic amines) is 1. The summed E-state index contributed by atoms with van der Waals surface area (Å²) in [6.07, 6.45) is 8.37. The normalized spacial score (nSPS) is 22.8. The number of methoxy groups -OCH3 is 1. The first-order chi connectivity index (χ1) is 14.1. The summed E-state index contributed by atoms with van der Waals surface area (Å²) in [5, 5.41) is 0. The molecule has 1 aromatic heterocycles. The molecule has 29 heavy (non-hydrogen) atoms. The lowest BCUT2D eigenvalue weighted by atomic mass is 9.88. The van der Waals surface area contributed by atoms with Gasteiger partial charge in [0.1, 0.15) is 18.2 Å².